The Hall–Kier alpha value is -0.330. The van der Waals surface area contributed by atoms with Crippen LogP contribution in [0.5, 0.6) is 0 Å². The first-order valence-electron chi connectivity index (χ1n) is 13.5. The van der Waals surface area contributed by atoms with E-state index in [0.717, 1.165) is 42.4 Å². The SMILES string of the molecule is CC(C)C(=O)CC[C@@H](C)[C@H]1CC[C@H]2[C@@H]3CCC4C(C)(C)CCC[C@]4(C)[C@H]3CC[C@]12C. The average molecular weight is 415 g/mol. The van der Waals surface area contributed by atoms with Gasteiger partial charge in [0.05, 0.1) is 0 Å². The first-order chi connectivity index (χ1) is 14.0. The highest BCUT2D eigenvalue weighted by Crippen LogP contribution is 2.70. The Morgan fingerprint density at radius 3 is 2.23 bits per heavy atom. The van der Waals surface area contributed by atoms with E-state index in [1.54, 1.807) is 0 Å². The lowest BCUT2D eigenvalue weighted by Crippen LogP contribution is -2.56. The summed E-state index contributed by atoms with van der Waals surface area (Å²) < 4.78 is 0. The molecular formula is C29H50O. The van der Waals surface area contributed by atoms with Gasteiger partial charge in [-0.3, -0.25) is 4.79 Å². The van der Waals surface area contributed by atoms with E-state index >= 15 is 0 Å². The molecule has 4 aliphatic carbocycles. The van der Waals surface area contributed by atoms with E-state index in [1.807, 2.05) is 0 Å². The zero-order valence-corrected chi connectivity index (χ0v) is 21.2. The standard InChI is InChI=1S/C29H50O/c1-19(2)25(30)13-9-20(3)22-11-12-23-21-10-14-26-27(4,5)16-8-17-29(26,7)24(21)15-18-28(22,23)6/h19-24,26H,8-18H2,1-7H3/t20-,21+,22-,23+,24+,26?,28-,29-/m1/s1. The molecule has 4 saturated carbocycles. The fourth-order valence-electron chi connectivity index (χ4n) is 10.0. The van der Waals surface area contributed by atoms with Crippen molar-refractivity contribution in [1.82, 2.24) is 0 Å². The molecule has 0 aromatic rings. The van der Waals surface area contributed by atoms with Crippen molar-refractivity contribution < 1.29 is 4.79 Å². The molecule has 0 amide bonds. The normalized spacial score (nSPS) is 46.1. The molecule has 0 aromatic carbocycles. The highest BCUT2D eigenvalue weighted by atomic mass is 16.1. The van der Waals surface area contributed by atoms with Gasteiger partial charge in [-0.05, 0) is 110 Å². The van der Waals surface area contributed by atoms with Crippen molar-refractivity contribution in [2.45, 2.75) is 119 Å². The molecule has 0 heterocycles. The van der Waals surface area contributed by atoms with Gasteiger partial charge in [-0.1, -0.05) is 54.9 Å². The number of hydrogen-bond acceptors (Lipinski definition) is 1. The molecule has 0 N–H and O–H groups in total. The molecule has 0 radical (unpaired) electrons. The molecule has 0 bridgehead atoms. The number of fused-ring (bicyclic) bond motifs is 5. The maximum absolute atomic E-state index is 12.2. The molecule has 0 aromatic heterocycles. The number of Topliss-reactive ketones (excluding diaryl/α,β-unsaturated/α-hetero) is 1. The maximum atomic E-state index is 12.2. The van der Waals surface area contributed by atoms with Crippen LogP contribution in [-0.4, -0.2) is 5.78 Å². The summed E-state index contributed by atoms with van der Waals surface area (Å²) in [5.74, 6) is 6.08. The van der Waals surface area contributed by atoms with Crippen LogP contribution in [0.3, 0.4) is 0 Å². The lowest BCUT2D eigenvalue weighted by molar-refractivity contribution is -0.147. The zero-order valence-electron chi connectivity index (χ0n) is 21.2. The van der Waals surface area contributed by atoms with Gasteiger partial charge in [0.2, 0.25) is 0 Å². The van der Waals surface area contributed by atoms with Crippen molar-refractivity contribution in [2.75, 3.05) is 0 Å². The molecule has 0 aliphatic heterocycles. The summed E-state index contributed by atoms with van der Waals surface area (Å²) >= 11 is 0. The van der Waals surface area contributed by atoms with Crippen LogP contribution in [0.15, 0.2) is 0 Å². The molecule has 1 unspecified atom stereocenters. The summed E-state index contributed by atoms with van der Waals surface area (Å²) in [7, 11) is 0. The molecule has 8 atom stereocenters. The summed E-state index contributed by atoms with van der Waals surface area (Å²) in [6, 6.07) is 0. The highest BCUT2D eigenvalue weighted by Gasteiger charge is 2.62. The number of carbonyl (C=O) groups excluding carboxylic acids is 1. The van der Waals surface area contributed by atoms with Gasteiger partial charge in [-0.25, -0.2) is 0 Å². The first-order valence-corrected chi connectivity index (χ1v) is 13.5. The Balaban J connectivity index is 1.49. The lowest BCUT2D eigenvalue weighted by atomic mass is 9.41. The van der Waals surface area contributed by atoms with E-state index in [4.69, 9.17) is 0 Å². The summed E-state index contributed by atoms with van der Waals surface area (Å²) in [6.45, 7) is 17.1. The maximum Gasteiger partial charge on any atom is 0.135 e. The van der Waals surface area contributed by atoms with Gasteiger partial charge in [0.25, 0.3) is 0 Å². The molecule has 1 heteroatoms. The Bertz CT molecular complexity index is 647. The predicted octanol–water partition coefficient (Wildman–Crippen LogP) is 8.31. The van der Waals surface area contributed by atoms with Gasteiger partial charge in [0.15, 0.2) is 0 Å². The Morgan fingerprint density at radius 1 is 0.833 bits per heavy atom. The van der Waals surface area contributed by atoms with Gasteiger partial charge < -0.3 is 0 Å². The van der Waals surface area contributed by atoms with Crippen molar-refractivity contribution >= 4 is 5.78 Å². The van der Waals surface area contributed by atoms with Crippen LogP contribution >= 0.6 is 0 Å². The molecule has 1 nitrogen and oxygen atoms in total. The minimum atomic E-state index is 0.204. The van der Waals surface area contributed by atoms with Gasteiger partial charge in [-0.2, -0.15) is 0 Å². The van der Waals surface area contributed by atoms with Gasteiger partial charge >= 0.3 is 0 Å². The Kier molecular flexibility index (Phi) is 6.03. The molecule has 0 spiro atoms. The second-order valence-electron chi connectivity index (χ2n) is 13.7. The molecular weight excluding hydrogens is 364 g/mol. The van der Waals surface area contributed by atoms with Crippen LogP contribution in [0.1, 0.15) is 119 Å². The van der Waals surface area contributed by atoms with E-state index in [1.165, 1.54) is 57.8 Å². The number of carbonyl (C=O) groups is 1. The molecule has 4 rings (SSSR count). The third-order valence-electron chi connectivity index (χ3n) is 11.6. The Morgan fingerprint density at radius 2 is 1.53 bits per heavy atom. The highest BCUT2D eigenvalue weighted by molar-refractivity contribution is 5.80. The van der Waals surface area contributed by atoms with Gasteiger partial charge in [-0.15, -0.1) is 0 Å². The van der Waals surface area contributed by atoms with E-state index in [0.29, 0.717) is 27.9 Å². The second kappa shape index (κ2) is 7.91. The fourth-order valence-corrected chi connectivity index (χ4v) is 10.0. The average Bonchev–Trinajstić information content (AvgIpc) is 3.02. The number of ketones is 1. The number of rotatable bonds is 5. The molecule has 4 aliphatic rings. The number of hydrogen-bond donors (Lipinski definition) is 0. The summed E-state index contributed by atoms with van der Waals surface area (Å²) in [4.78, 5) is 12.2. The van der Waals surface area contributed by atoms with Crippen LogP contribution in [-0.2, 0) is 4.79 Å². The van der Waals surface area contributed by atoms with E-state index in [2.05, 4.69) is 48.5 Å². The quantitative estimate of drug-likeness (QED) is 0.442. The minimum absolute atomic E-state index is 0.204. The molecule has 30 heavy (non-hydrogen) atoms. The monoisotopic (exact) mass is 414 g/mol. The topological polar surface area (TPSA) is 17.1 Å². The first kappa shape index (κ1) is 22.8. The molecule has 0 saturated heterocycles. The van der Waals surface area contributed by atoms with Crippen LogP contribution in [0.4, 0.5) is 0 Å². The second-order valence-corrected chi connectivity index (χ2v) is 13.7. The summed E-state index contributed by atoms with van der Waals surface area (Å²) in [5, 5.41) is 0. The van der Waals surface area contributed by atoms with Gasteiger partial charge in [0.1, 0.15) is 5.78 Å². The third-order valence-corrected chi connectivity index (χ3v) is 11.6. The van der Waals surface area contributed by atoms with Crippen LogP contribution in [0.25, 0.3) is 0 Å². The fraction of sp³-hybridized carbons (Fsp3) is 0.966. The van der Waals surface area contributed by atoms with Crippen LogP contribution < -0.4 is 0 Å². The predicted molar refractivity (Wildman–Crippen MR) is 127 cm³/mol. The van der Waals surface area contributed by atoms with Crippen molar-refractivity contribution in [3.63, 3.8) is 0 Å². The van der Waals surface area contributed by atoms with Crippen LogP contribution in [0.2, 0.25) is 0 Å². The summed E-state index contributed by atoms with van der Waals surface area (Å²) in [6.07, 6.45) is 15.1. The molecule has 172 valence electrons. The zero-order chi connectivity index (χ0) is 21.9. The van der Waals surface area contributed by atoms with E-state index in [9.17, 15) is 4.79 Å². The van der Waals surface area contributed by atoms with Crippen molar-refractivity contribution in [3.05, 3.63) is 0 Å². The third kappa shape index (κ3) is 3.53. The largest absolute Gasteiger partial charge is 0.299 e. The summed E-state index contributed by atoms with van der Waals surface area (Å²) in [5.41, 5.74) is 1.68. The minimum Gasteiger partial charge on any atom is -0.299 e. The van der Waals surface area contributed by atoms with Crippen molar-refractivity contribution in [1.29, 1.82) is 0 Å². The molecule has 4 fully saturated rings. The van der Waals surface area contributed by atoms with Gasteiger partial charge in [0, 0.05) is 12.3 Å². The lowest BCUT2D eigenvalue weighted by Gasteiger charge is -2.64. The van der Waals surface area contributed by atoms with E-state index < -0.39 is 0 Å². The van der Waals surface area contributed by atoms with Crippen LogP contribution in [0, 0.1) is 57.7 Å². The smallest absolute Gasteiger partial charge is 0.135 e. The Labute approximate surface area is 187 Å². The van der Waals surface area contributed by atoms with E-state index in [-0.39, 0.29) is 5.92 Å². The van der Waals surface area contributed by atoms with Crippen molar-refractivity contribution in [3.8, 4) is 0 Å². The van der Waals surface area contributed by atoms with Crippen molar-refractivity contribution in [2.24, 2.45) is 57.7 Å².